The van der Waals surface area contributed by atoms with Gasteiger partial charge in [0.25, 0.3) is 0 Å². The molecule has 4 nitrogen and oxygen atoms in total. The van der Waals surface area contributed by atoms with Gasteiger partial charge >= 0.3 is 6.36 Å². The molecule has 0 amide bonds. The summed E-state index contributed by atoms with van der Waals surface area (Å²) in [6.07, 6.45) is -3.80. The summed E-state index contributed by atoms with van der Waals surface area (Å²) < 4.78 is 61.7. The lowest BCUT2D eigenvalue weighted by atomic mass is 10.2. The van der Waals surface area contributed by atoms with Gasteiger partial charge in [-0.05, 0) is 49.2 Å². The first-order valence-corrected chi connectivity index (χ1v) is 13.2. The van der Waals surface area contributed by atoms with Gasteiger partial charge in [0.05, 0.1) is 23.6 Å². The molecule has 3 aromatic carbocycles. The molecule has 4 rings (SSSR count). The van der Waals surface area contributed by atoms with Crippen LogP contribution in [0.5, 0.6) is 11.5 Å². The Kier molecular flexibility index (Phi) is 8.82. The first kappa shape index (κ1) is 26.4. The molecule has 0 aromatic heterocycles. The summed E-state index contributed by atoms with van der Waals surface area (Å²) in [5.41, 5.74) is 0. The zero-order chi connectivity index (χ0) is 25.5. The minimum atomic E-state index is -4.86. The van der Waals surface area contributed by atoms with E-state index in [1.54, 1.807) is 12.1 Å². The van der Waals surface area contributed by atoms with Crippen molar-refractivity contribution in [1.82, 2.24) is 0 Å². The zero-order valence-corrected chi connectivity index (χ0v) is 21.1. The van der Waals surface area contributed by atoms with E-state index in [-0.39, 0.29) is 17.8 Å². The molecule has 0 radical (unpaired) electrons. The van der Waals surface area contributed by atoms with Gasteiger partial charge in [-0.3, -0.25) is 0 Å². The van der Waals surface area contributed by atoms with E-state index < -0.39 is 29.3 Å². The molecule has 0 saturated carbocycles. The highest BCUT2D eigenvalue weighted by Gasteiger charge is 2.35. The van der Waals surface area contributed by atoms with Gasteiger partial charge < -0.3 is 18.9 Å². The lowest BCUT2D eigenvalue weighted by Crippen LogP contribution is -2.31. The summed E-state index contributed by atoms with van der Waals surface area (Å²) in [6.45, 7) is 4.80. The molecular formula is C28H30F3O4S+. The van der Waals surface area contributed by atoms with Crippen LogP contribution in [0.25, 0.3) is 0 Å². The summed E-state index contributed by atoms with van der Waals surface area (Å²) in [5.74, 6) is -0.530. The van der Waals surface area contributed by atoms with Crippen molar-refractivity contribution < 1.29 is 32.1 Å². The van der Waals surface area contributed by atoms with Crippen LogP contribution in [0.1, 0.15) is 26.7 Å². The van der Waals surface area contributed by atoms with Crippen LogP contribution in [0.4, 0.5) is 13.2 Å². The first-order valence-electron chi connectivity index (χ1n) is 11.9. The Labute approximate surface area is 212 Å². The number of hydrogen-bond acceptors (Lipinski definition) is 4. The van der Waals surface area contributed by atoms with E-state index in [1.165, 1.54) is 6.07 Å². The van der Waals surface area contributed by atoms with Gasteiger partial charge in [-0.1, -0.05) is 50.2 Å². The largest absolute Gasteiger partial charge is 0.573 e. The molecule has 2 unspecified atom stereocenters. The minimum absolute atomic E-state index is 0.0137. The third-order valence-corrected chi connectivity index (χ3v) is 7.80. The monoisotopic (exact) mass is 519 g/mol. The van der Waals surface area contributed by atoms with E-state index in [9.17, 15) is 13.2 Å². The molecular weight excluding hydrogens is 489 g/mol. The standard InChI is InChI=1S/C28H30F3O4S/c1-20(2)27(33-19-21-10-9-17-32-21)34-26-18-24(15-16-25(26)35-28(29,30)31)36(22-11-5-3-6-12-22)23-13-7-4-8-14-23/h3-8,11-16,18,20-21,27H,9-10,17,19H2,1-2H3/q+1. The van der Waals surface area contributed by atoms with Crippen LogP contribution in [0.3, 0.4) is 0 Å². The fourth-order valence-electron chi connectivity index (χ4n) is 3.90. The third kappa shape index (κ3) is 7.18. The second-order valence-electron chi connectivity index (χ2n) is 8.79. The highest BCUT2D eigenvalue weighted by Crippen LogP contribution is 2.39. The van der Waals surface area contributed by atoms with Crippen LogP contribution in [0.2, 0.25) is 0 Å². The molecule has 1 aliphatic heterocycles. The molecule has 1 heterocycles. The highest BCUT2D eigenvalue weighted by molar-refractivity contribution is 7.97. The van der Waals surface area contributed by atoms with E-state index >= 15 is 0 Å². The van der Waals surface area contributed by atoms with E-state index in [0.717, 1.165) is 27.5 Å². The number of alkyl halides is 3. The lowest BCUT2D eigenvalue weighted by molar-refractivity contribution is -0.275. The molecule has 192 valence electrons. The fourth-order valence-corrected chi connectivity index (χ4v) is 6.01. The second-order valence-corrected chi connectivity index (χ2v) is 10.8. The van der Waals surface area contributed by atoms with Crippen LogP contribution in [0, 0.1) is 5.92 Å². The minimum Gasteiger partial charge on any atom is -0.461 e. The Morgan fingerprint density at radius 3 is 2.06 bits per heavy atom. The van der Waals surface area contributed by atoms with Crippen LogP contribution in [-0.2, 0) is 20.4 Å². The predicted octanol–water partition coefficient (Wildman–Crippen LogP) is 7.24. The maximum Gasteiger partial charge on any atom is 0.573 e. The molecule has 36 heavy (non-hydrogen) atoms. The average molecular weight is 520 g/mol. The molecule has 1 saturated heterocycles. The number of hydrogen-bond donors (Lipinski definition) is 0. The van der Waals surface area contributed by atoms with Gasteiger partial charge in [-0.25, -0.2) is 0 Å². The number of rotatable bonds is 10. The van der Waals surface area contributed by atoms with Gasteiger partial charge in [0, 0.05) is 18.6 Å². The van der Waals surface area contributed by atoms with Crippen molar-refractivity contribution in [2.75, 3.05) is 13.2 Å². The van der Waals surface area contributed by atoms with Crippen molar-refractivity contribution in [1.29, 1.82) is 0 Å². The molecule has 2 atom stereocenters. The molecule has 8 heteroatoms. The lowest BCUT2D eigenvalue weighted by Gasteiger charge is -2.25. The molecule has 3 aromatic rings. The quantitative estimate of drug-likeness (QED) is 0.209. The number of ether oxygens (including phenoxy) is 4. The van der Waals surface area contributed by atoms with Crippen molar-refractivity contribution in [2.24, 2.45) is 5.92 Å². The third-order valence-electron chi connectivity index (χ3n) is 5.59. The average Bonchev–Trinajstić information content (AvgIpc) is 3.37. The molecule has 1 aliphatic rings. The smallest absolute Gasteiger partial charge is 0.461 e. The molecule has 1 fully saturated rings. The van der Waals surface area contributed by atoms with Crippen molar-refractivity contribution in [3.05, 3.63) is 78.9 Å². The van der Waals surface area contributed by atoms with Gasteiger partial charge in [-0.15, -0.1) is 13.2 Å². The van der Waals surface area contributed by atoms with E-state index in [2.05, 4.69) is 4.74 Å². The summed E-state index contributed by atoms with van der Waals surface area (Å²) in [6, 6.07) is 24.3. The zero-order valence-electron chi connectivity index (χ0n) is 20.2. The molecule has 0 N–H and O–H groups in total. The van der Waals surface area contributed by atoms with Gasteiger partial charge in [0.2, 0.25) is 6.29 Å². The Balaban J connectivity index is 1.70. The normalized spacial score (nSPS) is 16.9. The van der Waals surface area contributed by atoms with E-state index in [1.807, 2.05) is 74.5 Å². The number of benzene rings is 3. The maximum atomic E-state index is 13.2. The van der Waals surface area contributed by atoms with Crippen molar-refractivity contribution in [3.8, 4) is 11.5 Å². The van der Waals surface area contributed by atoms with Crippen LogP contribution >= 0.6 is 0 Å². The van der Waals surface area contributed by atoms with E-state index in [4.69, 9.17) is 14.2 Å². The summed E-state index contributed by atoms with van der Waals surface area (Å²) in [5, 5.41) is 0. The topological polar surface area (TPSA) is 36.9 Å². The summed E-state index contributed by atoms with van der Waals surface area (Å²) >= 11 is 0. The Bertz CT molecular complexity index is 1050. The van der Waals surface area contributed by atoms with Crippen LogP contribution in [0.15, 0.2) is 93.5 Å². The molecule has 0 bridgehead atoms. The maximum absolute atomic E-state index is 13.2. The molecule has 0 spiro atoms. The van der Waals surface area contributed by atoms with Gasteiger partial charge in [0.1, 0.15) is 0 Å². The Morgan fingerprint density at radius 1 is 0.889 bits per heavy atom. The summed E-state index contributed by atoms with van der Waals surface area (Å²) in [7, 11) is -0.565. The van der Waals surface area contributed by atoms with Crippen molar-refractivity contribution >= 4 is 10.9 Å². The van der Waals surface area contributed by atoms with Crippen molar-refractivity contribution in [3.63, 3.8) is 0 Å². The van der Waals surface area contributed by atoms with Crippen LogP contribution < -0.4 is 9.47 Å². The second kappa shape index (κ2) is 12.0. The summed E-state index contributed by atoms with van der Waals surface area (Å²) in [4.78, 5) is 2.88. The predicted molar refractivity (Wildman–Crippen MR) is 132 cm³/mol. The highest BCUT2D eigenvalue weighted by atomic mass is 32.2. The van der Waals surface area contributed by atoms with Crippen LogP contribution in [-0.4, -0.2) is 32.0 Å². The SMILES string of the molecule is CC(C)C(OCC1CCCO1)Oc1cc([S+](c2ccccc2)c2ccccc2)ccc1OC(F)(F)F. The Hall–Kier alpha value is -2.68. The van der Waals surface area contributed by atoms with E-state index in [0.29, 0.717) is 13.2 Å². The fraction of sp³-hybridized carbons (Fsp3) is 0.357. The molecule has 0 aliphatic carbocycles. The van der Waals surface area contributed by atoms with Gasteiger partial charge in [-0.2, -0.15) is 0 Å². The van der Waals surface area contributed by atoms with Crippen molar-refractivity contribution in [2.45, 2.75) is 60.1 Å². The number of halogens is 3. The Morgan fingerprint density at radius 2 is 1.53 bits per heavy atom. The van der Waals surface area contributed by atoms with Gasteiger partial charge in [0.15, 0.2) is 26.2 Å². The first-order chi connectivity index (χ1) is 17.3.